The summed E-state index contributed by atoms with van der Waals surface area (Å²) in [5.74, 6) is 0.128. The summed E-state index contributed by atoms with van der Waals surface area (Å²) in [6, 6.07) is 8.30. The van der Waals surface area contributed by atoms with Gasteiger partial charge < -0.3 is 14.5 Å². The smallest absolute Gasteiger partial charge is 0.253 e. The van der Waals surface area contributed by atoms with Crippen molar-refractivity contribution >= 4 is 5.91 Å². The highest BCUT2D eigenvalue weighted by atomic mass is 16.5. The molecule has 2 rings (SSSR count). The summed E-state index contributed by atoms with van der Waals surface area (Å²) in [6.07, 6.45) is 2.42. The van der Waals surface area contributed by atoms with Crippen molar-refractivity contribution in [3.63, 3.8) is 0 Å². The lowest BCUT2D eigenvalue weighted by Crippen LogP contribution is -2.45. The number of amides is 1. The molecule has 0 aliphatic carbocycles. The first-order valence-corrected chi connectivity index (χ1v) is 9.31. The molecule has 5 heteroatoms. The van der Waals surface area contributed by atoms with Crippen molar-refractivity contribution in [2.45, 2.75) is 32.4 Å². The van der Waals surface area contributed by atoms with E-state index >= 15 is 0 Å². The van der Waals surface area contributed by atoms with Crippen LogP contribution >= 0.6 is 0 Å². The number of benzene rings is 1. The quantitative estimate of drug-likeness (QED) is 0.687. The van der Waals surface area contributed by atoms with Gasteiger partial charge in [0, 0.05) is 38.3 Å². The van der Waals surface area contributed by atoms with E-state index in [-0.39, 0.29) is 5.91 Å². The lowest BCUT2D eigenvalue weighted by molar-refractivity contribution is 0.0694. The van der Waals surface area contributed by atoms with Gasteiger partial charge in [0.1, 0.15) is 0 Å². The molecule has 1 aliphatic rings. The van der Waals surface area contributed by atoms with Crippen molar-refractivity contribution in [1.82, 2.24) is 14.7 Å². The van der Waals surface area contributed by atoms with Crippen LogP contribution < -0.4 is 0 Å². The third-order valence-electron chi connectivity index (χ3n) is 4.93. The third kappa shape index (κ3) is 5.80. The fourth-order valence-corrected chi connectivity index (χ4v) is 3.51. The fourth-order valence-electron chi connectivity index (χ4n) is 3.51. The van der Waals surface area contributed by atoms with Crippen LogP contribution in [-0.2, 0) is 11.3 Å². The first-order valence-electron chi connectivity index (χ1n) is 9.31. The van der Waals surface area contributed by atoms with Gasteiger partial charge in [-0.15, -0.1) is 0 Å². The lowest BCUT2D eigenvalue weighted by atomic mass is 10.1. The van der Waals surface area contributed by atoms with Gasteiger partial charge in [-0.25, -0.2) is 0 Å². The Morgan fingerprint density at radius 1 is 1.32 bits per heavy atom. The SMILES string of the molecule is CCN1CCCC1CN(CCN(C)C)C(=O)c1cccc(COC)c1. The highest BCUT2D eigenvalue weighted by molar-refractivity contribution is 5.94. The summed E-state index contributed by atoms with van der Waals surface area (Å²) in [6.45, 7) is 7.40. The molecular formula is C20H33N3O2. The second-order valence-electron chi connectivity index (χ2n) is 7.11. The molecule has 1 aromatic carbocycles. The summed E-state index contributed by atoms with van der Waals surface area (Å²) in [5, 5.41) is 0. The molecule has 1 saturated heterocycles. The second-order valence-corrected chi connectivity index (χ2v) is 7.11. The lowest BCUT2D eigenvalue weighted by Gasteiger charge is -2.31. The number of hydrogen-bond acceptors (Lipinski definition) is 4. The zero-order valence-electron chi connectivity index (χ0n) is 16.2. The van der Waals surface area contributed by atoms with Crippen LogP contribution in [0.15, 0.2) is 24.3 Å². The largest absolute Gasteiger partial charge is 0.380 e. The molecule has 1 heterocycles. The van der Waals surface area contributed by atoms with E-state index in [9.17, 15) is 4.79 Å². The number of nitrogens with zero attached hydrogens (tertiary/aromatic N) is 3. The highest BCUT2D eigenvalue weighted by Gasteiger charge is 2.27. The predicted molar refractivity (Wildman–Crippen MR) is 102 cm³/mol. The number of likely N-dealkylation sites (tertiary alicyclic amines) is 1. The molecule has 1 atom stereocenters. The zero-order valence-corrected chi connectivity index (χ0v) is 16.2. The highest BCUT2D eigenvalue weighted by Crippen LogP contribution is 2.19. The minimum absolute atomic E-state index is 0.128. The van der Waals surface area contributed by atoms with E-state index in [0.717, 1.165) is 43.9 Å². The number of rotatable bonds is 9. The first kappa shape index (κ1) is 19.9. The molecule has 1 aromatic rings. The van der Waals surface area contributed by atoms with E-state index in [0.29, 0.717) is 12.6 Å². The van der Waals surface area contributed by atoms with Crippen molar-refractivity contribution in [2.24, 2.45) is 0 Å². The van der Waals surface area contributed by atoms with Crippen LogP contribution in [0.2, 0.25) is 0 Å². The van der Waals surface area contributed by atoms with Gasteiger partial charge in [0.05, 0.1) is 6.61 Å². The Labute approximate surface area is 152 Å². The molecule has 0 aromatic heterocycles. The van der Waals surface area contributed by atoms with Crippen LogP contribution in [-0.4, -0.2) is 80.6 Å². The maximum Gasteiger partial charge on any atom is 0.253 e. The monoisotopic (exact) mass is 347 g/mol. The van der Waals surface area contributed by atoms with Gasteiger partial charge >= 0.3 is 0 Å². The van der Waals surface area contributed by atoms with Gasteiger partial charge in [0.15, 0.2) is 0 Å². The van der Waals surface area contributed by atoms with Gasteiger partial charge in [-0.05, 0) is 57.7 Å². The van der Waals surface area contributed by atoms with Crippen LogP contribution in [0.4, 0.5) is 0 Å². The van der Waals surface area contributed by atoms with Gasteiger partial charge in [-0.1, -0.05) is 19.1 Å². The number of ether oxygens (including phenoxy) is 1. The van der Waals surface area contributed by atoms with Crippen molar-refractivity contribution in [1.29, 1.82) is 0 Å². The van der Waals surface area contributed by atoms with Crippen LogP contribution in [0.1, 0.15) is 35.7 Å². The number of carbonyl (C=O) groups excluding carboxylic acids is 1. The minimum Gasteiger partial charge on any atom is -0.380 e. The summed E-state index contributed by atoms with van der Waals surface area (Å²) in [5.41, 5.74) is 1.80. The van der Waals surface area contributed by atoms with Crippen LogP contribution in [0.5, 0.6) is 0 Å². The van der Waals surface area contributed by atoms with E-state index in [1.807, 2.05) is 29.2 Å². The maximum absolute atomic E-state index is 13.1. The van der Waals surface area contributed by atoms with Gasteiger partial charge in [0.25, 0.3) is 5.91 Å². The standard InChI is InChI=1S/C20H33N3O2/c1-5-22-11-7-10-19(22)15-23(13-12-21(2)3)20(24)18-9-6-8-17(14-18)16-25-4/h6,8-9,14,19H,5,7,10-13,15-16H2,1-4H3. The Bertz CT molecular complexity index is 547. The van der Waals surface area contributed by atoms with E-state index in [4.69, 9.17) is 4.74 Å². The van der Waals surface area contributed by atoms with Crippen molar-refractivity contribution < 1.29 is 9.53 Å². The van der Waals surface area contributed by atoms with Crippen LogP contribution in [0, 0.1) is 0 Å². The molecule has 25 heavy (non-hydrogen) atoms. The molecule has 0 spiro atoms. The predicted octanol–water partition coefficient (Wildman–Crippen LogP) is 2.32. The van der Waals surface area contributed by atoms with Gasteiger partial charge in [0.2, 0.25) is 0 Å². The Hall–Kier alpha value is -1.43. The Kier molecular flexibility index (Phi) is 7.88. The molecule has 1 fully saturated rings. The van der Waals surface area contributed by atoms with Crippen LogP contribution in [0.25, 0.3) is 0 Å². The van der Waals surface area contributed by atoms with E-state index in [2.05, 4.69) is 30.8 Å². The molecule has 0 radical (unpaired) electrons. The van der Waals surface area contributed by atoms with Gasteiger partial charge in [-0.2, -0.15) is 0 Å². The molecular weight excluding hydrogens is 314 g/mol. The first-order chi connectivity index (χ1) is 12.0. The number of hydrogen-bond donors (Lipinski definition) is 0. The fraction of sp³-hybridized carbons (Fsp3) is 0.650. The number of methoxy groups -OCH3 is 1. The van der Waals surface area contributed by atoms with Crippen LogP contribution in [0.3, 0.4) is 0 Å². The molecule has 1 amide bonds. The third-order valence-corrected chi connectivity index (χ3v) is 4.93. The van der Waals surface area contributed by atoms with Crippen molar-refractivity contribution in [3.8, 4) is 0 Å². The van der Waals surface area contributed by atoms with E-state index < -0.39 is 0 Å². The van der Waals surface area contributed by atoms with Crippen molar-refractivity contribution in [3.05, 3.63) is 35.4 Å². The summed E-state index contributed by atoms with van der Waals surface area (Å²) >= 11 is 0. The average molecular weight is 348 g/mol. The molecule has 140 valence electrons. The van der Waals surface area contributed by atoms with Crippen molar-refractivity contribution in [2.75, 3.05) is 53.9 Å². The van der Waals surface area contributed by atoms with E-state index in [1.165, 1.54) is 12.8 Å². The molecule has 0 bridgehead atoms. The molecule has 0 N–H and O–H groups in total. The van der Waals surface area contributed by atoms with E-state index in [1.54, 1.807) is 7.11 Å². The molecule has 1 aliphatic heterocycles. The Morgan fingerprint density at radius 2 is 2.12 bits per heavy atom. The summed E-state index contributed by atoms with van der Waals surface area (Å²) in [4.78, 5) is 19.8. The minimum atomic E-state index is 0.128. The molecule has 0 saturated carbocycles. The summed E-state index contributed by atoms with van der Waals surface area (Å²) < 4.78 is 5.20. The average Bonchev–Trinajstić information content (AvgIpc) is 3.05. The zero-order chi connectivity index (χ0) is 18.2. The second kappa shape index (κ2) is 9.90. The number of likely N-dealkylation sites (N-methyl/N-ethyl adjacent to an activating group) is 2. The molecule has 1 unspecified atom stereocenters. The van der Waals surface area contributed by atoms with Gasteiger partial charge in [-0.3, -0.25) is 9.69 Å². The molecule has 5 nitrogen and oxygen atoms in total. The Morgan fingerprint density at radius 3 is 2.80 bits per heavy atom. The normalized spacial score (nSPS) is 18.0. The topological polar surface area (TPSA) is 36.0 Å². The summed E-state index contributed by atoms with van der Waals surface area (Å²) in [7, 11) is 5.78. The Balaban J connectivity index is 2.12. The maximum atomic E-state index is 13.1. The number of carbonyl (C=O) groups is 1.